The Bertz CT molecular complexity index is 308. The molecule has 0 aliphatic carbocycles. The molecular weight excluding hydrogens is 226 g/mol. The smallest absolute Gasteiger partial charge is 0.0492 e. The number of hydrogen-bond donors (Lipinski definition) is 0. The predicted octanol–water partition coefficient (Wildman–Crippen LogP) is 3.25. The second kappa shape index (κ2) is 6.99. The van der Waals surface area contributed by atoms with Crippen molar-refractivity contribution in [3.63, 3.8) is 0 Å². The average molecular weight is 238 g/mol. The van der Waals surface area contributed by atoms with E-state index in [4.69, 9.17) is 23.8 Å². The molecule has 0 fully saturated rings. The maximum absolute atomic E-state index is 6.07. The summed E-state index contributed by atoms with van der Waals surface area (Å²) < 4.78 is 0. The Balaban J connectivity index is 0.00000169. The Morgan fingerprint density at radius 3 is 2.64 bits per heavy atom. The molecule has 0 bridgehead atoms. The van der Waals surface area contributed by atoms with E-state index >= 15 is 0 Å². The third-order valence-corrected chi connectivity index (χ3v) is 2.88. The molecule has 1 aromatic carbocycles. The molecule has 1 radical (unpaired) electrons. The van der Waals surface area contributed by atoms with E-state index in [1.165, 1.54) is 0 Å². The molecule has 0 heterocycles. The van der Waals surface area contributed by atoms with E-state index in [-0.39, 0.29) is 18.9 Å². The molecule has 0 N–H and O–H groups in total. The minimum Gasteiger partial charge on any atom is -0.137 e. The van der Waals surface area contributed by atoms with E-state index in [0.717, 1.165) is 33.6 Å². The van der Waals surface area contributed by atoms with E-state index in [1.54, 1.807) is 0 Å². The van der Waals surface area contributed by atoms with Gasteiger partial charge in [-0.1, -0.05) is 36.0 Å². The van der Waals surface area contributed by atoms with Crippen molar-refractivity contribution in [1.82, 2.24) is 0 Å². The van der Waals surface area contributed by atoms with E-state index in [9.17, 15) is 0 Å². The van der Waals surface area contributed by atoms with Gasteiger partial charge in [0.25, 0.3) is 0 Å². The average Bonchev–Trinajstić information content (AvgIpc) is 2.04. The van der Waals surface area contributed by atoms with Gasteiger partial charge in [0.15, 0.2) is 0 Å². The van der Waals surface area contributed by atoms with Crippen molar-refractivity contribution in [2.75, 3.05) is 6.16 Å². The molecule has 0 nitrogen and oxygen atoms in total. The molecule has 1 rings (SSSR count). The van der Waals surface area contributed by atoms with Gasteiger partial charge in [0.05, 0.1) is 0 Å². The number of benzene rings is 1. The van der Waals surface area contributed by atoms with Crippen molar-refractivity contribution in [3.8, 4) is 0 Å². The first-order chi connectivity index (χ1) is 6.16. The fourth-order valence-corrected chi connectivity index (χ4v) is 2.52. The fourth-order valence-electron chi connectivity index (χ4n) is 1.24. The molecule has 0 saturated heterocycles. The minimum atomic E-state index is 0. The number of halogens is 1. The first kappa shape index (κ1) is 14.6. The van der Waals surface area contributed by atoms with Crippen LogP contribution in [0.3, 0.4) is 0 Å². The normalized spacial score (nSPS) is 9.36. The first-order valence-corrected chi connectivity index (χ1v) is 5.75. The van der Waals surface area contributed by atoms with Gasteiger partial charge in [-0.3, -0.25) is 0 Å². The number of rotatable bonds is 3. The summed E-state index contributed by atoms with van der Waals surface area (Å²) in [6.45, 7) is 2.04. The van der Waals surface area contributed by atoms with Crippen LogP contribution in [0.15, 0.2) is 18.2 Å². The Morgan fingerprint density at radius 1 is 1.50 bits per heavy atom. The van der Waals surface area contributed by atoms with Crippen molar-refractivity contribution in [2.45, 2.75) is 13.3 Å². The molecule has 0 spiro atoms. The molecule has 1 unspecified atom stereocenters. The molecular formula is C10H12ClLiPS. The maximum Gasteiger partial charge on any atom is 0.0492 e. The number of thiocarbonyl (C=S) groups is 1. The zero-order valence-corrected chi connectivity index (χ0v) is 11.2. The predicted molar refractivity (Wildman–Crippen MR) is 72.8 cm³/mol. The molecule has 0 aromatic heterocycles. The summed E-state index contributed by atoms with van der Waals surface area (Å²) in [5.41, 5.74) is 2.21. The topological polar surface area (TPSA) is 0 Å². The van der Waals surface area contributed by atoms with Crippen LogP contribution < -0.4 is 0 Å². The van der Waals surface area contributed by atoms with Crippen LogP contribution in [0.25, 0.3) is 0 Å². The van der Waals surface area contributed by atoms with Crippen molar-refractivity contribution in [2.24, 2.45) is 0 Å². The summed E-state index contributed by atoms with van der Waals surface area (Å²) in [6.07, 6.45) is 1.90. The Kier molecular flexibility index (Phi) is 7.31. The van der Waals surface area contributed by atoms with Gasteiger partial charge in [0, 0.05) is 34.3 Å². The van der Waals surface area contributed by atoms with Gasteiger partial charge in [-0.05, 0) is 31.1 Å². The van der Waals surface area contributed by atoms with Gasteiger partial charge in [-0.15, -0.1) is 9.24 Å². The molecule has 0 amide bonds. The van der Waals surface area contributed by atoms with E-state index in [0.29, 0.717) is 0 Å². The third kappa shape index (κ3) is 3.65. The quantitative estimate of drug-likeness (QED) is 0.337. The monoisotopic (exact) mass is 237 g/mol. The number of hydrogen-bond acceptors (Lipinski definition) is 1. The van der Waals surface area contributed by atoms with Crippen molar-refractivity contribution >= 4 is 56.8 Å². The molecule has 1 aromatic rings. The van der Waals surface area contributed by atoms with Crippen LogP contribution in [-0.2, 0) is 0 Å². The van der Waals surface area contributed by atoms with E-state index < -0.39 is 0 Å². The Morgan fingerprint density at radius 2 is 2.14 bits per heavy atom. The molecule has 0 aliphatic heterocycles. The van der Waals surface area contributed by atoms with Crippen LogP contribution in [0.2, 0.25) is 5.02 Å². The standard InChI is InChI=1S/C10H12ClPS.Li/c1-7-3-2-4-8(11)10(7)9(13)5-6-12;/h2-4H,5-6,12H2,1H3;. The van der Waals surface area contributed by atoms with Crippen molar-refractivity contribution in [3.05, 3.63) is 34.3 Å². The molecule has 0 aliphatic rings. The second-order valence-electron chi connectivity index (χ2n) is 2.89. The van der Waals surface area contributed by atoms with Crippen LogP contribution in [-0.4, -0.2) is 29.9 Å². The minimum absolute atomic E-state index is 0. The van der Waals surface area contributed by atoms with Gasteiger partial charge in [-0.25, -0.2) is 0 Å². The van der Waals surface area contributed by atoms with Gasteiger partial charge in [-0.2, -0.15) is 0 Å². The molecule has 71 valence electrons. The largest absolute Gasteiger partial charge is 0.137 e. The molecule has 1 atom stereocenters. The summed E-state index contributed by atoms with van der Waals surface area (Å²) in [5.74, 6) is 0. The Labute approximate surface area is 110 Å². The Hall–Kier alpha value is 0.627. The molecule has 4 heteroatoms. The van der Waals surface area contributed by atoms with Gasteiger partial charge in [0.1, 0.15) is 0 Å². The third-order valence-electron chi connectivity index (χ3n) is 1.87. The van der Waals surface area contributed by atoms with Crippen molar-refractivity contribution in [1.29, 1.82) is 0 Å². The summed E-state index contributed by atoms with van der Waals surface area (Å²) >= 11 is 11.4. The first-order valence-electron chi connectivity index (χ1n) is 4.15. The van der Waals surface area contributed by atoms with Crippen LogP contribution in [0.5, 0.6) is 0 Å². The summed E-state index contributed by atoms with van der Waals surface area (Å²) in [6, 6.07) is 5.87. The molecule has 14 heavy (non-hydrogen) atoms. The zero-order chi connectivity index (χ0) is 9.84. The second-order valence-corrected chi connectivity index (χ2v) is 4.37. The maximum atomic E-state index is 6.07. The van der Waals surface area contributed by atoms with Crippen LogP contribution in [0, 0.1) is 6.92 Å². The summed E-state index contributed by atoms with van der Waals surface area (Å²) in [4.78, 5) is 0.957. The van der Waals surface area contributed by atoms with E-state index in [2.05, 4.69) is 9.24 Å². The fraction of sp³-hybridized carbons (Fsp3) is 0.300. The summed E-state index contributed by atoms with van der Waals surface area (Å²) in [7, 11) is 2.68. The zero-order valence-electron chi connectivity index (χ0n) is 8.51. The number of aryl methyl sites for hydroxylation is 1. The van der Waals surface area contributed by atoms with Crippen LogP contribution in [0.4, 0.5) is 0 Å². The van der Waals surface area contributed by atoms with Gasteiger partial charge < -0.3 is 0 Å². The van der Waals surface area contributed by atoms with Gasteiger partial charge in [0.2, 0.25) is 0 Å². The van der Waals surface area contributed by atoms with Crippen LogP contribution in [0.1, 0.15) is 17.5 Å². The molecule has 0 saturated carbocycles. The van der Waals surface area contributed by atoms with Gasteiger partial charge >= 0.3 is 0 Å². The summed E-state index contributed by atoms with van der Waals surface area (Å²) in [5, 5.41) is 0.767. The van der Waals surface area contributed by atoms with Crippen molar-refractivity contribution < 1.29 is 0 Å². The van der Waals surface area contributed by atoms with Crippen LogP contribution >= 0.6 is 33.1 Å². The SMILES string of the molecule is Cc1cccc(Cl)c1C(=S)CCP.[Li]. The van der Waals surface area contributed by atoms with E-state index in [1.807, 2.05) is 25.1 Å².